The molecule has 0 saturated carbocycles. The third kappa shape index (κ3) is 20.6. The van der Waals surface area contributed by atoms with Crippen molar-refractivity contribution in [2.24, 2.45) is 0 Å². The highest BCUT2D eigenvalue weighted by Gasteiger charge is 2.49. The fraction of sp³-hybridized carbons (Fsp3) is 0.810. The first-order valence-electron chi connectivity index (χ1n) is 19.8. The molecule has 0 bridgehead atoms. The molecular formula is C42H75NO2. The van der Waals surface area contributed by atoms with Crippen molar-refractivity contribution < 1.29 is 9.47 Å². The average Bonchev–Trinajstić information content (AvgIpc) is 3.54. The Balaban J connectivity index is 1.50. The second-order valence-corrected chi connectivity index (χ2v) is 14.1. The van der Waals surface area contributed by atoms with Crippen molar-refractivity contribution in [3.05, 3.63) is 48.6 Å². The maximum absolute atomic E-state index is 6.70. The van der Waals surface area contributed by atoms with E-state index < -0.39 is 0 Å². The first-order chi connectivity index (χ1) is 22.2. The Morgan fingerprint density at radius 2 is 0.800 bits per heavy atom. The molecule has 0 aromatic rings. The molecule has 3 nitrogen and oxygen atoms in total. The number of ether oxygens (including phenoxy) is 2. The van der Waals surface area contributed by atoms with Gasteiger partial charge in [0, 0.05) is 25.9 Å². The highest BCUT2D eigenvalue weighted by Crippen LogP contribution is 2.40. The Kier molecular flexibility index (Phi) is 24.8. The van der Waals surface area contributed by atoms with Gasteiger partial charge in [0.25, 0.3) is 0 Å². The molecule has 2 saturated heterocycles. The van der Waals surface area contributed by atoms with Gasteiger partial charge in [0.1, 0.15) is 12.2 Å². The van der Waals surface area contributed by atoms with Gasteiger partial charge < -0.3 is 14.4 Å². The van der Waals surface area contributed by atoms with Crippen LogP contribution in [0.1, 0.15) is 181 Å². The van der Waals surface area contributed by atoms with Gasteiger partial charge in [-0.05, 0) is 84.1 Å². The number of hydrogen-bond donors (Lipinski definition) is 0. The summed E-state index contributed by atoms with van der Waals surface area (Å²) in [5.41, 5.74) is 0. The molecule has 0 spiro atoms. The second kappa shape index (κ2) is 27.9. The first-order valence-corrected chi connectivity index (χ1v) is 19.8. The molecule has 2 heterocycles. The summed E-state index contributed by atoms with van der Waals surface area (Å²) in [6.45, 7) is 6.59. The zero-order valence-electron chi connectivity index (χ0n) is 30.3. The largest absolute Gasteiger partial charge is 0.343 e. The van der Waals surface area contributed by atoms with E-state index >= 15 is 0 Å². The summed E-state index contributed by atoms with van der Waals surface area (Å²) >= 11 is 0. The molecule has 2 aliphatic rings. The van der Waals surface area contributed by atoms with Crippen molar-refractivity contribution in [1.82, 2.24) is 4.90 Å². The third-order valence-electron chi connectivity index (χ3n) is 9.65. The van der Waals surface area contributed by atoms with E-state index in [9.17, 15) is 0 Å². The van der Waals surface area contributed by atoms with Crippen molar-refractivity contribution >= 4 is 0 Å². The number of nitrogens with zero attached hydrogens (tertiary/aromatic N) is 1. The van der Waals surface area contributed by atoms with E-state index in [-0.39, 0.29) is 18.0 Å². The molecule has 0 aliphatic carbocycles. The lowest BCUT2D eigenvalue weighted by Crippen LogP contribution is -2.34. The standard InChI is InChI=1S/C42H75NO2/c1-4-6-8-10-12-14-16-18-20-22-24-26-28-30-32-34-36-42(44-40-38-43(3)39-41(40)45-42)37-35-33-31-29-27-25-23-21-19-17-15-13-11-9-7-5-2/h12-15,18-21,40-41H,4-11,16-17,22-39H2,1-3H3/t40-,41-/m0/s1. The Bertz CT molecular complexity index is 720. The van der Waals surface area contributed by atoms with Crippen LogP contribution in [-0.4, -0.2) is 43.0 Å². The van der Waals surface area contributed by atoms with Gasteiger partial charge in [0.05, 0.1) is 0 Å². The number of allylic oxidation sites excluding steroid dienone is 8. The smallest absolute Gasteiger partial charge is 0.169 e. The summed E-state index contributed by atoms with van der Waals surface area (Å²) in [5, 5.41) is 0. The maximum Gasteiger partial charge on any atom is 0.169 e. The van der Waals surface area contributed by atoms with Crippen LogP contribution in [0.3, 0.4) is 0 Å². The summed E-state index contributed by atoms with van der Waals surface area (Å²) in [6.07, 6.45) is 52.7. The van der Waals surface area contributed by atoms with Gasteiger partial charge in [-0.15, -0.1) is 0 Å². The minimum absolute atomic E-state index is 0.282. The van der Waals surface area contributed by atoms with Crippen molar-refractivity contribution in [2.75, 3.05) is 20.1 Å². The molecule has 260 valence electrons. The molecule has 2 atom stereocenters. The van der Waals surface area contributed by atoms with E-state index in [2.05, 4.69) is 74.4 Å². The predicted molar refractivity (Wildman–Crippen MR) is 198 cm³/mol. The monoisotopic (exact) mass is 626 g/mol. The summed E-state index contributed by atoms with van der Waals surface area (Å²) in [4.78, 5) is 2.36. The summed E-state index contributed by atoms with van der Waals surface area (Å²) in [7, 11) is 2.19. The lowest BCUT2D eigenvalue weighted by molar-refractivity contribution is -0.193. The van der Waals surface area contributed by atoms with E-state index in [4.69, 9.17) is 9.47 Å². The van der Waals surface area contributed by atoms with Crippen LogP contribution < -0.4 is 0 Å². The highest BCUT2D eigenvalue weighted by molar-refractivity contribution is 4.95. The lowest BCUT2D eigenvalue weighted by Gasteiger charge is -2.30. The lowest BCUT2D eigenvalue weighted by atomic mass is 9.98. The number of fused-ring (bicyclic) bond motifs is 1. The molecule has 0 amide bonds. The van der Waals surface area contributed by atoms with Crippen LogP contribution in [0.15, 0.2) is 48.6 Å². The molecule has 0 aromatic carbocycles. The third-order valence-corrected chi connectivity index (χ3v) is 9.65. The number of rotatable bonds is 30. The molecule has 0 N–H and O–H groups in total. The van der Waals surface area contributed by atoms with Crippen LogP contribution in [0.4, 0.5) is 0 Å². The topological polar surface area (TPSA) is 21.7 Å². The first kappa shape index (κ1) is 40.0. The fourth-order valence-electron chi connectivity index (χ4n) is 6.86. The van der Waals surface area contributed by atoms with E-state index in [1.54, 1.807) is 0 Å². The van der Waals surface area contributed by atoms with Crippen LogP contribution in [0.5, 0.6) is 0 Å². The minimum Gasteiger partial charge on any atom is -0.343 e. The summed E-state index contributed by atoms with van der Waals surface area (Å²) in [5.74, 6) is -0.304. The SMILES string of the molecule is CCCCCC=CCC=CCCCCCCCCC1(CCCCCCCCC=CCC=CCCCCC)O[C@H]2CN(C)C[C@@H]2O1. The molecule has 2 rings (SSSR count). The van der Waals surface area contributed by atoms with E-state index in [0.29, 0.717) is 0 Å². The van der Waals surface area contributed by atoms with Crippen molar-refractivity contribution in [3.63, 3.8) is 0 Å². The molecule has 45 heavy (non-hydrogen) atoms. The second-order valence-electron chi connectivity index (χ2n) is 14.1. The van der Waals surface area contributed by atoms with Crippen LogP contribution in [-0.2, 0) is 9.47 Å². The van der Waals surface area contributed by atoms with Gasteiger partial charge in [0.15, 0.2) is 5.79 Å². The Labute approximate surface area is 281 Å². The average molecular weight is 626 g/mol. The van der Waals surface area contributed by atoms with E-state index in [1.165, 1.54) is 141 Å². The van der Waals surface area contributed by atoms with Gasteiger partial charge in [-0.1, -0.05) is 140 Å². The van der Waals surface area contributed by atoms with Crippen molar-refractivity contribution in [2.45, 2.75) is 199 Å². The molecule has 0 radical (unpaired) electrons. The predicted octanol–water partition coefficient (Wildman–Crippen LogP) is 12.8. The number of likely N-dealkylation sites (tertiary alicyclic amines) is 1. The van der Waals surface area contributed by atoms with Crippen molar-refractivity contribution in [1.29, 1.82) is 0 Å². The molecule has 3 heteroatoms. The van der Waals surface area contributed by atoms with E-state index in [0.717, 1.165) is 38.8 Å². The number of unbranched alkanes of at least 4 members (excludes halogenated alkanes) is 18. The van der Waals surface area contributed by atoms with Crippen LogP contribution in [0, 0.1) is 0 Å². The summed E-state index contributed by atoms with van der Waals surface area (Å²) in [6, 6.07) is 0. The Hall–Kier alpha value is -1.16. The van der Waals surface area contributed by atoms with Crippen LogP contribution >= 0.6 is 0 Å². The number of likely N-dealkylation sites (N-methyl/N-ethyl adjacent to an activating group) is 1. The van der Waals surface area contributed by atoms with Gasteiger partial charge in [-0.25, -0.2) is 0 Å². The van der Waals surface area contributed by atoms with Crippen LogP contribution in [0.25, 0.3) is 0 Å². The van der Waals surface area contributed by atoms with Gasteiger partial charge >= 0.3 is 0 Å². The fourth-order valence-corrected chi connectivity index (χ4v) is 6.86. The Morgan fingerprint density at radius 1 is 0.467 bits per heavy atom. The van der Waals surface area contributed by atoms with Gasteiger partial charge in [-0.3, -0.25) is 0 Å². The molecule has 0 aromatic heterocycles. The summed E-state index contributed by atoms with van der Waals surface area (Å²) < 4.78 is 13.4. The molecule has 2 aliphatic heterocycles. The maximum atomic E-state index is 6.70. The molecule has 0 unspecified atom stereocenters. The molecular weight excluding hydrogens is 550 g/mol. The highest BCUT2D eigenvalue weighted by atomic mass is 16.8. The normalized spacial score (nSPS) is 20.2. The zero-order chi connectivity index (χ0) is 32.1. The van der Waals surface area contributed by atoms with E-state index in [1.807, 2.05) is 0 Å². The Morgan fingerprint density at radius 3 is 1.18 bits per heavy atom. The number of hydrogen-bond acceptors (Lipinski definition) is 3. The van der Waals surface area contributed by atoms with Crippen LogP contribution in [0.2, 0.25) is 0 Å². The van der Waals surface area contributed by atoms with Gasteiger partial charge in [-0.2, -0.15) is 0 Å². The zero-order valence-corrected chi connectivity index (χ0v) is 30.3. The van der Waals surface area contributed by atoms with Gasteiger partial charge in [0.2, 0.25) is 0 Å². The minimum atomic E-state index is -0.304. The van der Waals surface area contributed by atoms with Crippen molar-refractivity contribution in [3.8, 4) is 0 Å². The quantitative estimate of drug-likeness (QED) is 0.0585. The molecule has 2 fully saturated rings.